The molecule has 2 rings (SSSR count). The third-order valence-electron chi connectivity index (χ3n) is 3.62. The minimum absolute atomic E-state index is 0.286. The van der Waals surface area contributed by atoms with Crippen molar-refractivity contribution in [3.8, 4) is 11.6 Å². The van der Waals surface area contributed by atoms with E-state index in [1.165, 1.54) is 11.1 Å². The van der Waals surface area contributed by atoms with E-state index in [9.17, 15) is 5.11 Å². The maximum absolute atomic E-state index is 10.4. The monoisotopic (exact) mass is 258 g/mol. The molecule has 1 aromatic heterocycles. The van der Waals surface area contributed by atoms with E-state index in [4.69, 9.17) is 0 Å². The molecule has 0 aliphatic heterocycles. The smallest absolute Gasteiger partial charge is 0.217 e. The van der Waals surface area contributed by atoms with E-state index < -0.39 is 0 Å². The Hall–Kier alpha value is -1.77. The third kappa shape index (κ3) is 2.50. The van der Waals surface area contributed by atoms with Gasteiger partial charge in [0.15, 0.2) is 0 Å². The molecule has 0 spiro atoms. The second-order valence-corrected chi connectivity index (χ2v) is 5.03. The van der Waals surface area contributed by atoms with Gasteiger partial charge in [-0.15, -0.1) is 0 Å². The molecule has 2 aromatic rings. The highest BCUT2D eigenvalue weighted by Crippen LogP contribution is 2.27. The van der Waals surface area contributed by atoms with Crippen molar-refractivity contribution in [2.45, 2.75) is 47.0 Å². The van der Waals surface area contributed by atoms with Crippen molar-refractivity contribution in [2.75, 3.05) is 0 Å². The Bertz CT molecular complexity index is 585. The van der Waals surface area contributed by atoms with Gasteiger partial charge >= 0.3 is 0 Å². The van der Waals surface area contributed by atoms with Crippen molar-refractivity contribution in [3.05, 3.63) is 40.6 Å². The van der Waals surface area contributed by atoms with Crippen LogP contribution in [0.25, 0.3) is 5.69 Å². The van der Waals surface area contributed by atoms with Crippen molar-refractivity contribution in [2.24, 2.45) is 0 Å². The van der Waals surface area contributed by atoms with Gasteiger partial charge in [-0.3, -0.25) is 0 Å². The molecule has 0 radical (unpaired) electrons. The summed E-state index contributed by atoms with van der Waals surface area (Å²) in [5, 5.41) is 14.9. The quantitative estimate of drug-likeness (QED) is 0.907. The third-order valence-corrected chi connectivity index (χ3v) is 3.62. The van der Waals surface area contributed by atoms with E-state index in [2.05, 4.69) is 44.9 Å². The fraction of sp³-hybridized carbons (Fsp3) is 0.438. The molecule has 1 aromatic carbocycles. The van der Waals surface area contributed by atoms with Gasteiger partial charge in [-0.2, -0.15) is 5.10 Å². The van der Waals surface area contributed by atoms with Crippen LogP contribution in [-0.2, 0) is 12.8 Å². The lowest BCUT2D eigenvalue weighted by molar-refractivity contribution is 0.428. The first-order chi connectivity index (χ1) is 9.08. The van der Waals surface area contributed by atoms with Gasteiger partial charge in [-0.05, 0) is 49.9 Å². The van der Waals surface area contributed by atoms with Crippen molar-refractivity contribution in [1.29, 1.82) is 0 Å². The van der Waals surface area contributed by atoms with E-state index in [0.29, 0.717) is 0 Å². The molecule has 19 heavy (non-hydrogen) atoms. The first-order valence-corrected chi connectivity index (χ1v) is 6.95. The summed E-state index contributed by atoms with van der Waals surface area (Å²) in [7, 11) is 0. The molecule has 102 valence electrons. The fourth-order valence-electron chi connectivity index (χ4n) is 2.32. The first kappa shape index (κ1) is 13.7. The van der Waals surface area contributed by atoms with Gasteiger partial charge in [0.1, 0.15) is 0 Å². The predicted molar refractivity (Wildman–Crippen MR) is 78.1 cm³/mol. The lowest BCUT2D eigenvalue weighted by Gasteiger charge is -2.06. The van der Waals surface area contributed by atoms with Gasteiger partial charge in [0.25, 0.3) is 0 Å². The summed E-state index contributed by atoms with van der Waals surface area (Å²) in [5.74, 6) is 0.286. The lowest BCUT2D eigenvalue weighted by atomic mass is 10.1. The SMILES string of the molecule is CCCc1nn(-c2ccc(C)c(C)c2)c(O)c1CC. The highest BCUT2D eigenvalue weighted by atomic mass is 16.3. The topological polar surface area (TPSA) is 38.0 Å². The lowest BCUT2D eigenvalue weighted by Crippen LogP contribution is -1.98. The molecular formula is C16H22N2O. The molecule has 0 aliphatic carbocycles. The summed E-state index contributed by atoms with van der Waals surface area (Å²) < 4.78 is 1.66. The maximum Gasteiger partial charge on any atom is 0.217 e. The second-order valence-electron chi connectivity index (χ2n) is 5.03. The van der Waals surface area contributed by atoms with Crippen LogP contribution in [0.1, 0.15) is 42.7 Å². The van der Waals surface area contributed by atoms with Gasteiger partial charge in [-0.25, -0.2) is 4.68 Å². The molecular weight excluding hydrogens is 236 g/mol. The molecule has 0 aliphatic rings. The van der Waals surface area contributed by atoms with Crippen molar-refractivity contribution < 1.29 is 5.11 Å². The maximum atomic E-state index is 10.4. The largest absolute Gasteiger partial charge is 0.493 e. The van der Waals surface area contributed by atoms with Gasteiger partial charge in [0, 0.05) is 5.56 Å². The standard InChI is InChI=1S/C16H22N2O/c1-5-7-15-14(6-2)16(19)18(17-15)13-9-8-11(3)12(4)10-13/h8-10,19H,5-7H2,1-4H3. The molecule has 0 atom stereocenters. The Morgan fingerprint density at radius 2 is 1.89 bits per heavy atom. The summed E-state index contributed by atoms with van der Waals surface area (Å²) in [6, 6.07) is 6.14. The second kappa shape index (κ2) is 5.47. The Kier molecular flexibility index (Phi) is 3.93. The van der Waals surface area contributed by atoms with E-state index in [0.717, 1.165) is 36.2 Å². The van der Waals surface area contributed by atoms with E-state index >= 15 is 0 Å². The number of rotatable bonds is 4. The molecule has 0 bridgehead atoms. The minimum Gasteiger partial charge on any atom is -0.493 e. The fourth-order valence-corrected chi connectivity index (χ4v) is 2.32. The molecule has 1 N–H and O–H groups in total. The van der Waals surface area contributed by atoms with Crippen LogP contribution in [-0.4, -0.2) is 14.9 Å². The highest BCUT2D eigenvalue weighted by molar-refractivity contribution is 5.44. The molecule has 3 heteroatoms. The predicted octanol–water partition coefficient (Wildman–Crippen LogP) is 3.71. The zero-order valence-corrected chi connectivity index (χ0v) is 12.2. The van der Waals surface area contributed by atoms with Crippen LogP contribution in [0, 0.1) is 13.8 Å². The Labute approximate surface area is 114 Å². The van der Waals surface area contributed by atoms with Crippen LogP contribution in [0.3, 0.4) is 0 Å². The summed E-state index contributed by atoms with van der Waals surface area (Å²) in [6.45, 7) is 8.35. The number of aromatic hydroxyl groups is 1. The van der Waals surface area contributed by atoms with E-state index in [-0.39, 0.29) is 5.88 Å². The zero-order chi connectivity index (χ0) is 14.0. The van der Waals surface area contributed by atoms with Crippen molar-refractivity contribution >= 4 is 0 Å². The average molecular weight is 258 g/mol. The average Bonchev–Trinajstić information content (AvgIpc) is 2.70. The van der Waals surface area contributed by atoms with Crippen LogP contribution in [0.5, 0.6) is 5.88 Å². The Morgan fingerprint density at radius 1 is 1.16 bits per heavy atom. The first-order valence-electron chi connectivity index (χ1n) is 6.95. The number of hydrogen-bond acceptors (Lipinski definition) is 2. The number of aryl methyl sites for hydroxylation is 3. The van der Waals surface area contributed by atoms with Crippen LogP contribution < -0.4 is 0 Å². The van der Waals surface area contributed by atoms with E-state index in [1.807, 2.05) is 6.07 Å². The summed E-state index contributed by atoms with van der Waals surface area (Å²) >= 11 is 0. The van der Waals surface area contributed by atoms with Gasteiger partial charge < -0.3 is 5.11 Å². The highest BCUT2D eigenvalue weighted by Gasteiger charge is 2.16. The molecule has 0 saturated carbocycles. The van der Waals surface area contributed by atoms with Crippen LogP contribution in [0.15, 0.2) is 18.2 Å². The number of benzene rings is 1. The Morgan fingerprint density at radius 3 is 2.47 bits per heavy atom. The Balaban J connectivity index is 2.52. The molecule has 3 nitrogen and oxygen atoms in total. The molecule has 0 amide bonds. The van der Waals surface area contributed by atoms with Crippen LogP contribution >= 0.6 is 0 Å². The van der Waals surface area contributed by atoms with Crippen molar-refractivity contribution in [3.63, 3.8) is 0 Å². The number of nitrogens with zero attached hydrogens (tertiary/aromatic N) is 2. The summed E-state index contributed by atoms with van der Waals surface area (Å²) in [4.78, 5) is 0. The van der Waals surface area contributed by atoms with Gasteiger partial charge in [0.05, 0.1) is 11.4 Å². The normalized spacial score (nSPS) is 10.9. The summed E-state index contributed by atoms with van der Waals surface area (Å²) in [6.07, 6.45) is 2.76. The van der Waals surface area contributed by atoms with Crippen LogP contribution in [0.4, 0.5) is 0 Å². The summed E-state index contributed by atoms with van der Waals surface area (Å²) in [5.41, 5.74) is 5.38. The molecule has 0 saturated heterocycles. The van der Waals surface area contributed by atoms with Crippen molar-refractivity contribution in [1.82, 2.24) is 9.78 Å². The number of hydrogen-bond donors (Lipinski definition) is 1. The molecule has 0 fully saturated rings. The number of aromatic nitrogens is 2. The van der Waals surface area contributed by atoms with E-state index in [1.54, 1.807) is 4.68 Å². The zero-order valence-electron chi connectivity index (χ0n) is 12.2. The van der Waals surface area contributed by atoms with Gasteiger partial charge in [-0.1, -0.05) is 26.3 Å². The van der Waals surface area contributed by atoms with Gasteiger partial charge in [0.2, 0.25) is 5.88 Å². The molecule has 1 heterocycles. The molecule has 0 unspecified atom stereocenters. The minimum atomic E-state index is 0.286. The van der Waals surface area contributed by atoms with Crippen LogP contribution in [0.2, 0.25) is 0 Å².